The second kappa shape index (κ2) is 5.79. The van der Waals surface area contributed by atoms with E-state index >= 15 is 0 Å². The topological polar surface area (TPSA) is 65.4 Å². The van der Waals surface area contributed by atoms with Crippen LogP contribution in [0, 0.1) is 0 Å². The molecule has 0 bridgehead atoms. The van der Waals surface area contributed by atoms with Crippen molar-refractivity contribution in [2.24, 2.45) is 0 Å². The number of anilines is 1. The van der Waals surface area contributed by atoms with Crippen LogP contribution in [0.4, 0.5) is 5.69 Å². The van der Waals surface area contributed by atoms with Gasteiger partial charge < -0.3 is 14.8 Å². The summed E-state index contributed by atoms with van der Waals surface area (Å²) in [5, 5.41) is 7.50. The van der Waals surface area contributed by atoms with E-state index in [1.807, 2.05) is 28.9 Å². The molecule has 1 amide bonds. The van der Waals surface area contributed by atoms with Gasteiger partial charge in [-0.3, -0.25) is 9.48 Å². The number of amides is 1. The fourth-order valence-corrected chi connectivity index (χ4v) is 3.07. The molecule has 1 aliphatic carbocycles. The van der Waals surface area contributed by atoms with Crippen molar-refractivity contribution >= 4 is 11.6 Å². The van der Waals surface area contributed by atoms with Gasteiger partial charge in [-0.05, 0) is 51.8 Å². The molecule has 4 rings (SSSR count). The number of hydrogen-bond acceptors (Lipinski definition) is 4. The van der Waals surface area contributed by atoms with Crippen LogP contribution in [0.3, 0.4) is 0 Å². The van der Waals surface area contributed by atoms with Gasteiger partial charge in [-0.2, -0.15) is 5.10 Å². The molecule has 2 aliphatic rings. The van der Waals surface area contributed by atoms with E-state index in [0.717, 1.165) is 5.69 Å². The van der Waals surface area contributed by atoms with Gasteiger partial charge in [-0.15, -0.1) is 0 Å². The molecule has 1 aromatic heterocycles. The molecule has 0 saturated heterocycles. The summed E-state index contributed by atoms with van der Waals surface area (Å²) in [6, 6.07) is 7.41. The largest absolute Gasteiger partial charge is 0.486 e. The number of nitrogens with one attached hydrogen (secondary N) is 1. The summed E-state index contributed by atoms with van der Waals surface area (Å²) in [7, 11) is 0. The third-order valence-electron chi connectivity index (χ3n) is 4.41. The standard InChI is InChI=1S/C19H23N3O3/c1-19(2,3)22-15(12-7-8-12)11-14(21-22)18(23)20-13-5-4-6-16-17(13)25-10-9-24-16/h4-6,11-12H,7-10H2,1-3H3,(H,20,23). The van der Waals surface area contributed by atoms with Crippen LogP contribution in [-0.4, -0.2) is 28.9 Å². The van der Waals surface area contributed by atoms with Crippen molar-refractivity contribution in [3.63, 3.8) is 0 Å². The minimum Gasteiger partial charge on any atom is -0.486 e. The number of carbonyl (C=O) groups is 1. The molecule has 1 N–H and O–H groups in total. The summed E-state index contributed by atoms with van der Waals surface area (Å²) in [4.78, 5) is 12.8. The van der Waals surface area contributed by atoms with Crippen molar-refractivity contribution in [1.82, 2.24) is 9.78 Å². The summed E-state index contributed by atoms with van der Waals surface area (Å²) in [5.41, 5.74) is 2.04. The molecule has 0 spiro atoms. The maximum absolute atomic E-state index is 12.8. The lowest BCUT2D eigenvalue weighted by Gasteiger charge is -2.22. The number of rotatable bonds is 3. The quantitative estimate of drug-likeness (QED) is 0.927. The summed E-state index contributed by atoms with van der Waals surface area (Å²) >= 11 is 0. The summed E-state index contributed by atoms with van der Waals surface area (Å²) in [5.74, 6) is 1.53. The Morgan fingerprint density at radius 1 is 1.24 bits per heavy atom. The van der Waals surface area contributed by atoms with Crippen molar-refractivity contribution in [2.75, 3.05) is 18.5 Å². The van der Waals surface area contributed by atoms with Gasteiger partial charge in [0.05, 0.1) is 11.2 Å². The zero-order chi connectivity index (χ0) is 17.6. The van der Waals surface area contributed by atoms with Crippen molar-refractivity contribution in [3.05, 3.63) is 35.7 Å². The molecule has 0 unspecified atom stereocenters. The first-order chi connectivity index (χ1) is 11.9. The molecule has 6 nitrogen and oxygen atoms in total. The molecule has 0 radical (unpaired) electrons. The Hall–Kier alpha value is -2.50. The highest BCUT2D eigenvalue weighted by molar-refractivity contribution is 6.04. The second-order valence-corrected chi connectivity index (χ2v) is 7.60. The fourth-order valence-electron chi connectivity index (χ4n) is 3.07. The normalized spacial score (nSPS) is 16.6. The van der Waals surface area contributed by atoms with Crippen LogP contribution in [-0.2, 0) is 5.54 Å². The average molecular weight is 341 g/mol. The van der Waals surface area contributed by atoms with Crippen molar-refractivity contribution in [3.8, 4) is 11.5 Å². The molecule has 1 saturated carbocycles. The lowest BCUT2D eigenvalue weighted by Crippen LogP contribution is -2.26. The van der Waals surface area contributed by atoms with E-state index in [-0.39, 0.29) is 11.4 Å². The van der Waals surface area contributed by atoms with E-state index in [1.54, 1.807) is 0 Å². The van der Waals surface area contributed by atoms with Crippen LogP contribution in [0.2, 0.25) is 0 Å². The SMILES string of the molecule is CC(C)(C)n1nc(C(=O)Nc2cccc3c2OCCO3)cc1C1CC1. The number of carbonyl (C=O) groups excluding carboxylic acids is 1. The number of ether oxygens (including phenoxy) is 2. The van der Waals surface area contributed by atoms with Gasteiger partial charge in [0.1, 0.15) is 13.2 Å². The van der Waals surface area contributed by atoms with Crippen LogP contribution in [0.25, 0.3) is 0 Å². The summed E-state index contributed by atoms with van der Waals surface area (Å²) in [6.07, 6.45) is 2.33. The monoisotopic (exact) mass is 341 g/mol. The number of benzene rings is 1. The number of fused-ring (bicyclic) bond motifs is 1. The Morgan fingerprint density at radius 3 is 2.72 bits per heavy atom. The second-order valence-electron chi connectivity index (χ2n) is 7.60. The number of aromatic nitrogens is 2. The van der Waals surface area contributed by atoms with Crippen molar-refractivity contribution in [2.45, 2.75) is 45.1 Å². The van der Waals surface area contributed by atoms with Crippen LogP contribution >= 0.6 is 0 Å². The minimum atomic E-state index is -0.229. The van der Waals surface area contributed by atoms with Gasteiger partial charge in [0.15, 0.2) is 17.2 Å². The smallest absolute Gasteiger partial charge is 0.276 e. The summed E-state index contributed by atoms with van der Waals surface area (Å²) < 4.78 is 13.2. The van der Waals surface area contributed by atoms with E-state index < -0.39 is 0 Å². The zero-order valence-corrected chi connectivity index (χ0v) is 14.8. The van der Waals surface area contributed by atoms with Gasteiger partial charge in [0.25, 0.3) is 5.91 Å². The number of para-hydroxylation sites is 1. The van der Waals surface area contributed by atoms with Gasteiger partial charge in [-0.1, -0.05) is 6.07 Å². The Morgan fingerprint density at radius 2 is 2.00 bits per heavy atom. The van der Waals surface area contributed by atoms with Gasteiger partial charge in [-0.25, -0.2) is 0 Å². The molecular weight excluding hydrogens is 318 g/mol. The van der Waals surface area contributed by atoms with E-state index in [2.05, 4.69) is 31.2 Å². The molecule has 25 heavy (non-hydrogen) atoms. The Balaban J connectivity index is 1.62. The molecule has 1 fully saturated rings. The first-order valence-electron chi connectivity index (χ1n) is 8.74. The van der Waals surface area contributed by atoms with Gasteiger partial charge >= 0.3 is 0 Å². The third kappa shape index (κ3) is 3.08. The zero-order valence-electron chi connectivity index (χ0n) is 14.8. The number of hydrogen-bond donors (Lipinski definition) is 1. The molecular formula is C19H23N3O3. The molecule has 2 aromatic rings. The lowest BCUT2D eigenvalue weighted by molar-refractivity contribution is 0.101. The predicted molar refractivity (Wildman–Crippen MR) is 94.6 cm³/mol. The third-order valence-corrected chi connectivity index (χ3v) is 4.41. The first kappa shape index (κ1) is 16.0. The predicted octanol–water partition coefficient (Wildman–Crippen LogP) is 3.54. The highest BCUT2D eigenvalue weighted by Crippen LogP contribution is 2.42. The van der Waals surface area contributed by atoms with Crippen LogP contribution < -0.4 is 14.8 Å². The molecule has 1 aliphatic heterocycles. The first-order valence-corrected chi connectivity index (χ1v) is 8.74. The van der Waals surface area contributed by atoms with E-state index in [4.69, 9.17) is 9.47 Å². The number of nitrogens with zero attached hydrogens (tertiary/aromatic N) is 2. The maximum atomic E-state index is 12.8. The summed E-state index contributed by atoms with van der Waals surface area (Å²) in [6.45, 7) is 7.31. The van der Waals surface area contributed by atoms with E-state index in [9.17, 15) is 4.79 Å². The molecule has 132 valence electrons. The van der Waals surface area contributed by atoms with Gasteiger partial charge in [0.2, 0.25) is 0 Å². The lowest BCUT2D eigenvalue weighted by atomic mass is 10.1. The molecule has 0 atom stereocenters. The van der Waals surface area contributed by atoms with Crippen LogP contribution in [0.15, 0.2) is 24.3 Å². The minimum absolute atomic E-state index is 0.153. The van der Waals surface area contributed by atoms with Crippen molar-refractivity contribution < 1.29 is 14.3 Å². The molecule has 6 heteroatoms. The molecule has 1 aromatic carbocycles. The van der Waals surface area contributed by atoms with E-state index in [1.165, 1.54) is 12.8 Å². The Labute approximate surface area is 147 Å². The van der Waals surface area contributed by atoms with Crippen LogP contribution in [0.1, 0.15) is 55.7 Å². The average Bonchev–Trinajstić information content (AvgIpc) is 3.32. The molecule has 2 heterocycles. The Bertz CT molecular complexity index is 816. The highest BCUT2D eigenvalue weighted by Gasteiger charge is 2.32. The van der Waals surface area contributed by atoms with E-state index in [0.29, 0.717) is 42.0 Å². The van der Waals surface area contributed by atoms with Crippen molar-refractivity contribution in [1.29, 1.82) is 0 Å². The van der Waals surface area contributed by atoms with Gasteiger partial charge in [0, 0.05) is 11.6 Å². The highest BCUT2D eigenvalue weighted by atomic mass is 16.6. The fraction of sp³-hybridized carbons (Fsp3) is 0.474. The maximum Gasteiger partial charge on any atom is 0.276 e. The van der Waals surface area contributed by atoms with Crippen LogP contribution in [0.5, 0.6) is 11.5 Å². The Kier molecular flexibility index (Phi) is 3.71.